The zero-order chi connectivity index (χ0) is 10.7. The second-order valence-electron chi connectivity index (χ2n) is 4.62. The number of carboxylic acid groups (broad SMARTS) is 1. The van der Waals surface area contributed by atoms with Crippen LogP contribution in [-0.4, -0.2) is 48.3 Å². The highest BCUT2D eigenvalue weighted by Gasteiger charge is 2.31. The van der Waals surface area contributed by atoms with Crippen molar-refractivity contribution in [1.82, 2.24) is 4.90 Å². The molecular formula is C11H19NO3. The number of ether oxygens (including phenoxy) is 1. The average molecular weight is 213 g/mol. The number of rotatable bonds is 5. The minimum absolute atomic E-state index is 0.150. The highest BCUT2D eigenvalue weighted by molar-refractivity contribution is 5.67. The number of carbonyl (C=O) groups is 1. The molecule has 1 heterocycles. The molecule has 1 aliphatic carbocycles. The lowest BCUT2D eigenvalue weighted by Crippen LogP contribution is -2.36. The van der Waals surface area contributed by atoms with E-state index in [4.69, 9.17) is 9.84 Å². The van der Waals surface area contributed by atoms with Crippen LogP contribution in [0.1, 0.15) is 25.7 Å². The van der Waals surface area contributed by atoms with Gasteiger partial charge in [-0.25, -0.2) is 4.79 Å². The van der Waals surface area contributed by atoms with E-state index < -0.39 is 5.97 Å². The summed E-state index contributed by atoms with van der Waals surface area (Å²) < 4.78 is 5.13. The average Bonchev–Trinajstić information content (AvgIpc) is 3.02. The molecule has 0 radical (unpaired) electrons. The first-order chi connectivity index (χ1) is 7.25. The van der Waals surface area contributed by atoms with Gasteiger partial charge >= 0.3 is 5.97 Å². The topological polar surface area (TPSA) is 49.8 Å². The highest BCUT2D eigenvalue weighted by atomic mass is 16.5. The quantitative estimate of drug-likeness (QED) is 0.739. The number of carboxylic acids is 1. The van der Waals surface area contributed by atoms with E-state index in [9.17, 15) is 4.79 Å². The molecule has 0 aromatic rings. The Kier molecular flexibility index (Phi) is 3.59. The second-order valence-corrected chi connectivity index (χ2v) is 4.62. The summed E-state index contributed by atoms with van der Waals surface area (Å²) in [5.74, 6) is -0.301. The first-order valence-electron chi connectivity index (χ1n) is 5.79. The van der Waals surface area contributed by atoms with Crippen molar-refractivity contribution in [2.75, 3.05) is 26.3 Å². The van der Waals surface area contributed by atoms with E-state index >= 15 is 0 Å². The van der Waals surface area contributed by atoms with Gasteiger partial charge in [0.2, 0.25) is 0 Å². The van der Waals surface area contributed by atoms with E-state index in [0.717, 1.165) is 18.9 Å². The molecular weight excluding hydrogens is 194 g/mol. The third-order valence-electron chi connectivity index (χ3n) is 3.29. The molecule has 0 aromatic carbocycles. The van der Waals surface area contributed by atoms with Gasteiger partial charge in [-0.05, 0) is 44.7 Å². The number of nitrogens with zero attached hydrogens (tertiary/aromatic N) is 1. The molecule has 4 nitrogen and oxygen atoms in total. The number of aliphatic carboxylic acids is 1. The van der Waals surface area contributed by atoms with Gasteiger partial charge in [-0.3, -0.25) is 0 Å². The van der Waals surface area contributed by atoms with Gasteiger partial charge in [-0.15, -0.1) is 0 Å². The van der Waals surface area contributed by atoms with E-state index in [1.165, 1.54) is 25.9 Å². The Morgan fingerprint density at radius 3 is 2.47 bits per heavy atom. The summed E-state index contributed by atoms with van der Waals surface area (Å²) >= 11 is 0. The van der Waals surface area contributed by atoms with Crippen LogP contribution in [0.25, 0.3) is 0 Å². The molecule has 0 bridgehead atoms. The van der Waals surface area contributed by atoms with Crippen LogP contribution in [0.3, 0.4) is 0 Å². The van der Waals surface area contributed by atoms with Crippen LogP contribution in [0.2, 0.25) is 0 Å². The van der Waals surface area contributed by atoms with Crippen molar-refractivity contribution in [2.24, 2.45) is 5.92 Å². The first kappa shape index (κ1) is 10.9. The van der Waals surface area contributed by atoms with Crippen LogP contribution in [-0.2, 0) is 9.53 Å². The molecule has 86 valence electrons. The summed E-state index contributed by atoms with van der Waals surface area (Å²) in [6.45, 7) is 2.81. The van der Waals surface area contributed by atoms with Crippen molar-refractivity contribution < 1.29 is 14.6 Å². The number of likely N-dealkylation sites (tertiary alicyclic amines) is 1. The molecule has 1 N–H and O–H groups in total. The van der Waals surface area contributed by atoms with E-state index in [-0.39, 0.29) is 6.61 Å². The van der Waals surface area contributed by atoms with Crippen LogP contribution >= 0.6 is 0 Å². The second kappa shape index (κ2) is 4.94. The smallest absolute Gasteiger partial charge is 0.329 e. The summed E-state index contributed by atoms with van der Waals surface area (Å²) in [5.41, 5.74) is 0. The van der Waals surface area contributed by atoms with Gasteiger partial charge in [-0.2, -0.15) is 0 Å². The Labute approximate surface area is 90.2 Å². The fourth-order valence-corrected chi connectivity index (χ4v) is 2.24. The molecule has 0 aromatic heterocycles. The van der Waals surface area contributed by atoms with Crippen LogP contribution < -0.4 is 0 Å². The van der Waals surface area contributed by atoms with Crippen LogP contribution in [0, 0.1) is 5.92 Å². The monoisotopic (exact) mass is 213 g/mol. The Balaban J connectivity index is 1.58. The van der Waals surface area contributed by atoms with Crippen molar-refractivity contribution in [3.8, 4) is 0 Å². The van der Waals surface area contributed by atoms with Gasteiger partial charge in [0.15, 0.2) is 0 Å². The fraction of sp³-hybridized carbons (Fsp3) is 0.909. The molecule has 0 unspecified atom stereocenters. The lowest BCUT2D eigenvalue weighted by molar-refractivity contribution is -0.142. The molecule has 2 fully saturated rings. The minimum Gasteiger partial charge on any atom is -0.480 e. The van der Waals surface area contributed by atoms with E-state index in [0.29, 0.717) is 12.5 Å². The SMILES string of the molecule is O=C(O)COCC1CCN(C2CC2)CC1. The van der Waals surface area contributed by atoms with Gasteiger partial charge in [0.1, 0.15) is 6.61 Å². The number of piperidine rings is 1. The molecule has 15 heavy (non-hydrogen) atoms. The number of hydrogen-bond acceptors (Lipinski definition) is 3. The van der Waals surface area contributed by atoms with Gasteiger partial charge in [0, 0.05) is 6.04 Å². The van der Waals surface area contributed by atoms with Gasteiger partial charge in [0.25, 0.3) is 0 Å². The predicted octanol–water partition coefficient (Wildman–Crippen LogP) is 0.962. The van der Waals surface area contributed by atoms with Crippen molar-refractivity contribution in [1.29, 1.82) is 0 Å². The Morgan fingerprint density at radius 1 is 1.27 bits per heavy atom. The van der Waals surface area contributed by atoms with Crippen LogP contribution in [0.5, 0.6) is 0 Å². The lowest BCUT2D eigenvalue weighted by atomic mass is 9.98. The minimum atomic E-state index is -0.870. The van der Waals surface area contributed by atoms with Crippen LogP contribution in [0.4, 0.5) is 0 Å². The molecule has 4 heteroatoms. The van der Waals surface area contributed by atoms with Gasteiger partial charge in [-0.1, -0.05) is 0 Å². The van der Waals surface area contributed by atoms with E-state index in [2.05, 4.69) is 4.90 Å². The fourth-order valence-electron chi connectivity index (χ4n) is 2.24. The zero-order valence-corrected chi connectivity index (χ0v) is 9.02. The summed E-state index contributed by atoms with van der Waals surface area (Å²) in [6, 6.07) is 0.867. The number of hydrogen-bond donors (Lipinski definition) is 1. The van der Waals surface area contributed by atoms with E-state index in [1.54, 1.807) is 0 Å². The Bertz CT molecular complexity index is 220. The van der Waals surface area contributed by atoms with Crippen molar-refractivity contribution in [2.45, 2.75) is 31.7 Å². The van der Waals surface area contributed by atoms with Gasteiger partial charge in [0.05, 0.1) is 6.61 Å². The molecule has 2 rings (SSSR count). The zero-order valence-electron chi connectivity index (χ0n) is 9.02. The van der Waals surface area contributed by atoms with Crippen LogP contribution in [0.15, 0.2) is 0 Å². The molecule has 0 amide bonds. The first-order valence-corrected chi connectivity index (χ1v) is 5.79. The van der Waals surface area contributed by atoms with Crippen molar-refractivity contribution in [3.05, 3.63) is 0 Å². The maximum atomic E-state index is 10.3. The summed E-state index contributed by atoms with van der Waals surface area (Å²) in [7, 11) is 0. The third kappa shape index (κ3) is 3.47. The maximum absolute atomic E-state index is 10.3. The standard InChI is InChI=1S/C11H19NO3/c13-11(14)8-15-7-9-3-5-12(6-4-9)10-1-2-10/h9-10H,1-8H2,(H,13,14). The lowest BCUT2D eigenvalue weighted by Gasteiger charge is -2.31. The van der Waals surface area contributed by atoms with E-state index in [1.807, 2.05) is 0 Å². The van der Waals surface area contributed by atoms with Gasteiger partial charge < -0.3 is 14.7 Å². The van der Waals surface area contributed by atoms with Crippen molar-refractivity contribution >= 4 is 5.97 Å². The highest BCUT2D eigenvalue weighted by Crippen LogP contribution is 2.30. The molecule has 1 saturated carbocycles. The maximum Gasteiger partial charge on any atom is 0.329 e. The third-order valence-corrected chi connectivity index (χ3v) is 3.29. The van der Waals surface area contributed by atoms with Crippen molar-refractivity contribution in [3.63, 3.8) is 0 Å². The molecule has 1 aliphatic heterocycles. The molecule has 0 spiro atoms. The molecule has 1 saturated heterocycles. The summed E-state index contributed by atoms with van der Waals surface area (Å²) in [6.07, 6.45) is 5.08. The predicted molar refractivity (Wildman–Crippen MR) is 55.8 cm³/mol. The molecule has 2 aliphatic rings. The molecule has 0 atom stereocenters. The summed E-state index contributed by atoms with van der Waals surface area (Å²) in [5, 5.41) is 8.43. The summed E-state index contributed by atoms with van der Waals surface area (Å²) in [4.78, 5) is 12.8. The Hall–Kier alpha value is -0.610. The Morgan fingerprint density at radius 2 is 1.93 bits per heavy atom. The normalized spacial score (nSPS) is 24.3. The largest absolute Gasteiger partial charge is 0.480 e.